The van der Waals surface area contributed by atoms with Crippen LogP contribution in [0.4, 0.5) is 0 Å². The lowest BCUT2D eigenvalue weighted by Gasteiger charge is -2.05. The molecule has 0 unspecified atom stereocenters. The first kappa shape index (κ1) is 18.1. The summed E-state index contributed by atoms with van der Waals surface area (Å²) in [5.74, 6) is 0. The first-order valence-corrected chi connectivity index (χ1v) is 9.14. The molecule has 0 fully saturated rings. The van der Waals surface area contributed by atoms with E-state index < -0.39 is 10.1 Å². The minimum atomic E-state index is -4.27. The number of rotatable bonds is 2. The molecule has 3 aromatic rings. The van der Waals surface area contributed by atoms with E-state index in [-0.39, 0.29) is 4.90 Å². The van der Waals surface area contributed by atoms with Crippen LogP contribution in [0, 0.1) is 13.8 Å². The summed E-state index contributed by atoms with van der Waals surface area (Å²) in [5, 5.41) is 1.35. The van der Waals surface area contributed by atoms with Crippen LogP contribution in [0.3, 0.4) is 0 Å². The number of nitrogens with zero attached hydrogens (tertiary/aromatic N) is 1. The molecule has 3 rings (SSSR count). The predicted octanol–water partition coefficient (Wildman–Crippen LogP) is 3.35. The third kappa shape index (κ3) is 4.40. The zero-order valence-electron chi connectivity index (χ0n) is 14.1. The highest BCUT2D eigenvalue weighted by Crippen LogP contribution is 2.13. The van der Waals surface area contributed by atoms with E-state index in [1.165, 1.54) is 28.6 Å². The van der Waals surface area contributed by atoms with E-state index in [9.17, 15) is 13.0 Å². The highest BCUT2D eigenvalue weighted by Gasteiger charge is 2.06. The van der Waals surface area contributed by atoms with Crippen LogP contribution in [0.1, 0.15) is 18.1 Å². The van der Waals surface area contributed by atoms with Gasteiger partial charge in [-0.05, 0) is 44.5 Å². The van der Waals surface area contributed by atoms with Crippen molar-refractivity contribution >= 4 is 21.0 Å². The number of pyridine rings is 1. The minimum Gasteiger partial charge on any atom is -0.744 e. The van der Waals surface area contributed by atoms with Gasteiger partial charge in [-0.15, -0.1) is 0 Å². The van der Waals surface area contributed by atoms with E-state index in [1.807, 2.05) is 6.92 Å². The molecule has 1 heterocycles. The van der Waals surface area contributed by atoms with Gasteiger partial charge in [-0.3, -0.25) is 0 Å². The molecule has 2 aromatic carbocycles. The van der Waals surface area contributed by atoms with Gasteiger partial charge in [0.15, 0.2) is 6.20 Å². The number of fused-ring (bicyclic) bond motifs is 1. The summed E-state index contributed by atoms with van der Waals surface area (Å²) < 4.78 is 33.4. The van der Waals surface area contributed by atoms with Crippen LogP contribution in [0.25, 0.3) is 10.9 Å². The number of hydrogen-bond donors (Lipinski definition) is 0. The second kappa shape index (κ2) is 7.55. The zero-order valence-corrected chi connectivity index (χ0v) is 14.9. The molecule has 0 atom stereocenters. The van der Waals surface area contributed by atoms with Crippen molar-refractivity contribution in [3.05, 3.63) is 71.9 Å². The maximum absolute atomic E-state index is 10.4. The molecule has 4 nitrogen and oxygen atoms in total. The minimum absolute atomic E-state index is 0.178. The lowest BCUT2D eigenvalue weighted by Crippen LogP contribution is -2.32. The van der Waals surface area contributed by atoms with Crippen LogP contribution in [-0.4, -0.2) is 13.0 Å². The van der Waals surface area contributed by atoms with Gasteiger partial charge in [0.2, 0.25) is 5.52 Å². The van der Waals surface area contributed by atoms with Gasteiger partial charge in [-0.1, -0.05) is 29.8 Å². The van der Waals surface area contributed by atoms with Gasteiger partial charge in [-0.2, -0.15) is 4.57 Å². The predicted molar refractivity (Wildman–Crippen MR) is 93.7 cm³/mol. The smallest absolute Gasteiger partial charge is 0.212 e. The number of benzene rings is 2. The maximum Gasteiger partial charge on any atom is 0.212 e. The first-order valence-electron chi connectivity index (χ1n) is 7.73. The summed E-state index contributed by atoms with van der Waals surface area (Å²) in [6, 6.07) is 16.5. The van der Waals surface area contributed by atoms with Crippen molar-refractivity contribution in [1.29, 1.82) is 0 Å². The maximum atomic E-state index is 10.4. The second-order valence-electron chi connectivity index (χ2n) is 5.57. The molecule has 0 spiro atoms. The number of aryl methyl sites for hydroxylation is 3. The highest BCUT2D eigenvalue weighted by atomic mass is 32.2. The summed E-state index contributed by atoms with van der Waals surface area (Å²) in [7, 11) is -4.27. The molecule has 0 saturated heterocycles. The SMILES string of the molecule is CC[n+]1ccc(C)c2ccccc21.Cc1ccc(S(=O)(=O)[O-])cc1. The largest absolute Gasteiger partial charge is 0.744 e. The lowest BCUT2D eigenvalue weighted by molar-refractivity contribution is -0.667. The Hall–Kier alpha value is -2.24. The summed E-state index contributed by atoms with van der Waals surface area (Å²) in [6.07, 6.45) is 2.15. The molecular weight excluding hydrogens is 322 g/mol. The monoisotopic (exact) mass is 343 g/mol. The van der Waals surface area contributed by atoms with Gasteiger partial charge in [0.05, 0.1) is 4.90 Å². The van der Waals surface area contributed by atoms with Crippen LogP contribution in [-0.2, 0) is 16.7 Å². The van der Waals surface area contributed by atoms with Crippen molar-refractivity contribution in [2.24, 2.45) is 0 Å². The molecule has 0 aliphatic carbocycles. The molecule has 1 aromatic heterocycles. The summed E-state index contributed by atoms with van der Waals surface area (Å²) in [6.45, 7) is 7.17. The molecule has 24 heavy (non-hydrogen) atoms. The van der Waals surface area contributed by atoms with Crippen LogP contribution < -0.4 is 4.57 Å². The average Bonchev–Trinajstić information content (AvgIpc) is 2.56. The molecular formula is C19H21NO3S. The number of hydrogen-bond acceptors (Lipinski definition) is 3. The van der Waals surface area contributed by atoms with Crippen molar-refractivity contribution in [2.45, 2.75) is 32.2 Å². The Morgan fingerprint density at radius 1 is 0.958 bits per heavy atom. The van der Waals surface area contributed by atoms with Crippen molar-refractivity contribution in [3.8, 4) is 0 Å². The highest BCUT2D eigenvalue weighted by molar-refractivity contribution is 7.85. The Morgan fingerprint density at radius 2 is 1.58 bits per heavy atom. The van der Waals surface area contributed by atoms with Crippen molar-refractivity contribution in [3.63, 3.8) is 0 Å². The fraction of sp³-hybridized carbons (Fsp3) is 0.211. The Balaban J connectivity index is 0.000000177. The van der Waals surface area contributed by atoms with E-state index in [1.54, 1.807) is 12.1 Å². The first-order chi connectivity index (χ1) is 11.3. The average molecular weight is 343 g/mol. The van der Waals surface area contributed by atoms with Gasteiger partial charge in [0.25, 0.3) is 0 Å². The second-order valence-corrected chi connectivity index (χ2v) is 6.95. The molecule has 0 saturated carbocycles. The van der Waals surface area contributed by atoms with E-state index in [0.717, 1.165) is 12.1 Å². The zero-order chi connectivity index (χ0) is 17.7. The Bertz CT molecular complexity index is 932. The molecule has 5 heteroatoms. The van der Waals surface area contributed by atoms with Gasteiger partial charge in [0.1, 0.15) is 16.7 Å². The standard InChI is InChI=1S/C12H14N.C7H8O3S/c1-3-13-9-8-10(2)11-6-4-5-7-12(11)13;1-6-2-4-7(5-3-6)11(8,9)10/h4-9H,3H2,1-2H3;2-5H,1H3,(H,8,9,10)/q+1;/p-1. The molecule has 0 bridgehead atoms. The van der Waals surface area contributed by atoms with Crippen molar-refractivity contribution in [2.75, 3.05) is 0 Å². The Labute approximate surface area is 143 Å². The molecule has 126 valence electrons. The third-order valence-electron chi connectivity index (χ3n) is 3.79. The fourth-order valence-electron chi connectivity index (χ4n) is 2.41. The van der Waals surface area contributed by atoms with Gasteiger partial charge in [-0.25, -0.2) is 8.42 Å². The Morgan fingerprint density at radius 3 is 2.17 bits per heavy atom. The van der Waals surface area contributed by atoms with Gasteiger partial charge < -0.3 is 4.55 Å². The molecule has 0 radical (unpaired) electrons. The molecule has 0 amide bonds. The van der Waals surface area contributed by atoms with Crippen LogP contribution in [0.5, 0.6) is 0 Å². The Kier molecular flexibility index (Phi) is 5.70. The summed E-state index contributed by atoms with van der Waals surface area (Å²) >= 11 is 0. The lowest BCUT2D eigenvalue weighted by atomic mass is 10.1. The number of para-hydroxylation sites is 1. The normalized spacial score (nSPS) is 11.0. The molecule has 0 aliphatic heterocycles. The van der Waals surface area contributed by atoms with Gasteiger partial charge in [0, 0.05) is 17.5 Å². The van der Waals surface area contributed by atoms with E-state index >= 15 is 0 Å². The molecule has 0 N–H and O–H groups in total. The molecule has 0 aliphatic rings. The number of aromatic nitrogens is 1. The van der Waals surface area contributed by atoms with Gasteiger partial charge >= 0.3 is 0 Å². The fourth-order valence-corrected chi connectivity index (χ4v) is 2.88. The van der Waals surface area contributed by atoms with Crippen LogP contribution in [0.2, 0.25) is 0 Å². The topological polar surface area (TPSA) is 61.1 Å². The summed E-state index contributed by atoms with van der Waals surface area (Å²) in [4.78, 5) is -0.178. The van der Waals surface area contributed by atoms with Crippen molar-refractivity contribution in [1.82, 2.24) is 0 Å². The third-order valence-corrected chi connectivity index (χ3v) is 4.64. The summed E-state index contributed by atoms with van der Waals surface area (Å²) in [5.41, 5.74) is 3.60. The van der Waals surface area contributed by atoms with E-state index in [4.69, 9.17) is 0 Å². The van der Waals surface area contributed by atoms with Crippen LogP contribution in [0.15, 0.2) is 65.7 Å². The van der Waals surface area contributed by atoms with E-state index in [2.05, 4.69) is 54.9 Å². The van der Waals surface area contributed by atoms with Crippen LogP contribution >= 0.6 is 0 Å². The van der Waals surface area contributed by atoms with Crippen molar-refractivity contribution < 1.29 is 17.5 Å². The quantitative estimate of drug-likeness (QED) is 0.529. The van der Waals surface area contributed by atoms with E-state index in [0.29, 0.717) is 0 Å².